The molecule has 3 fully saturated rings. The number of aliphatic hydroxyl groups excluding tert-OH is 1. The zero-order valence-corrected chi connectivity index (χ0v) is 22.4. The number of aliphatic hydroxyl groups is 2. The topological polar surface area (TPSA) is 101 Å². The molecule has 0 aromatic carbocycles. The van der Waals surface area contributed by atoms with Crippen LogP contribution in [0.2, 0.25) is 0 Å². The van der Waals surface area contributed by atoms with Crippen molar-refractivity contribution in [3.05, 3.63) is 23.8 Å². The number of fused-ring (bicyclic) bond motifs is 5. The maximum absolute atomic E-state index is 13.2. The fraction of sp³-hybridized carbons (Fsp3) is 0.720. The molecule has 6 nitrogen and oxygen atoms in total. The molecule has 4 aliphatic carbocycles. The Hall–Kier alpha value is -0.154. The second kappa shape index (κ2) is 8.50. The van der Waals surface area contributed by atoms with Crippen LogP contribution in [0, 0.1) is 29.1 Å². The van der Waals surface area contributed by atoms with Crippen LogP contribution in [0.5, 0.6) is 0 Å². The summed E-state index contributed by atoms with van der Waals surface area (Å²) in [7, 11) is 0. The Morgan fingerprint density at radius 1 is 1.19 bits per heavy atom. The summed E-state index contributed by atoms with van der Waals surface area (Å²) in [6.07, 6.45) is 8.69. The van der Waals surface area contributed by atoms with Gasteiger partial charge >= 0.3 is 57.4 Å². The fourth-order valence-electron chi connectivity index (χ4n) is 7.97. The van der Waals surface area contributed by atoms with Gasteiger partial charge in [0.1, 0.15) is 11.7 Å². The molecular weight excluding hydrogens is 435 g/mol. The van der Waals surface area contributed by atoms with Crippen LogP contribution in [0.25, 0.3) is 0 Å². The van der Waals surface area contributed by atoms with Crippen LogP contribution in [0.1, 0.15) is 66.6 Å². The number of rotatable bonds is 2. The van der Waals surface area contributed by atoms with Crippen LogP contribution in [-0.2, 0) is 19.1 Å². The van der Waals surface area contributed by atoms with Crippen LogP contribution in [-0.4, -0.2) is 45.1 Å². The summed E-state index contributed by atoms with van der Waals surface area (Å²) in [4.78, 5) is 37.4. The van der Waals surface area contributed by atoms with Crippen molar-refractivity contribution in [1.82, 2.24) is 0 Å². The molecule has 0 aromatic heterocycles. The van der Waals surface area contributed by atoms with Crippen molar-refractivity contribution in [2.45, 2.75) is 82.5 Å². The van der Waals surface area contributed by atoms with Crippen molar-refractivity contribution in [3.8, 4) is 0 Å². The molecule has 0 bridgehead atoms. The number of carbonyl (C=O) groups is 3. The van der Waals surface area contributed by atoms with Gasteiger partial charge in [-0.2, -0.15) is 0 Å². The van der Waals surface area contributed by atoms with E-state index in [0.717, 1.165) is 31.3 Å². The molecule has 2 N–H and O–H groups in total. The average molecular weight is 469 g/mol. The smallest absolute Gasteiger partial charge is 1.00 e. The van der Waals surface area contributed by atoms with Gasteiger partial charge in [0.25, 0.3) is 0 Å². The standard InChI is InChI=1S/C25H32O6.K.H/c1-3-24(22(29)20(27)13-21(28)31-24)25(30)11-9-19-18-6-4-14-12-15(26)5-7-16(14)17(18)8-10-23(19,25)2;;/h4,6,12,16-20,27,30H,3,5,7-11,13H2,1-2H3;;/q;+1;-1/t16?,17-,18-,19?,20?,23-,24-,25-;;/m0../s1. The SMILES string of the molecule is CC[C@]1([C@]2(O)CCC3[C@H]4C=CC5=CC(=O)CCC5[C@@H]4CC[C@@]32C)OC(=O)CC(O)C1=O.[H-].[K+]. The first-order chi connectivity index (χ1) is 14.7. The minimum absolute atomic E-state index is 0. The maximum atomic E-state index is 13.2. The number of hydrogen-bond acceptors (Lipinski definition) is 6. The third kappa shape index (κ3) is 3.22. The van der Waals surface area contributed by atoms with E-state index in [1.54, 1.807) is 13.0 Å². The largest absolute Gasteiger partial charge is 1.00 e. The number of Topliss-reactive ketones (excluding diaryl/α,β-unsaturated/α-hetero) is 1. The van der Waals surface area contributed by atoms with Crippen molar-refractivity contribution in [2.24, 2.45) is 29.1 Å². The van der Waals surface area contributed by atoms with Gasteiger partial charge in [-0.1, -0.05) is 26.0 Å². The van der Waals surface area contributed by atoms with Crippen molar-refractivity contribution in [2.75, 3.05) is 0 Å². The Bertz CT molecular complexity index is 917. The normalized spacial score (nSPS) is 47.6. The molecule has 0 spiro atoms. The Morgan fingerprint density at radius 3 is 2.66 bits per heavy atom. The molecule has 8 atom stereocenters. The number of ether oxygens (including phenoxy) is 1. The molecule has 32 heavy (non-hydrogen) atoms. The number of esters is 1. The summed E-state index contributed by atoms with van der Waals surface area (Å²) >= 11 is 0. The molecule has 3 unspecified atom stereocenters. The predicted molar refractivity (Wildman–Crippen MR) is 113 cm³/mol. The molecule has 1 aliphatic heterocycles. The van der Waals surface area contributed by atoms with E-state index in [0.29, 0.717) is 24.7 Å². The molecule has 7 heteroatoms. The first kappa shape index (κ1) is 25.0. The summed E-state index contributed by atoms with van der Waals surface area (Å²) in [5.74, 6) is 0.238. The Morgan fingerprint density at radius 2 is 1.94 bits per heavy atom. The van der Waals surface area contributed by atoms with Crippen LogP contribution in [0.3, 0.4) is 0 Å². The average Bonchev–Trinajstić information content (AvgIpc) is 3.02. The van der Waals surface area contributed by atoms with Crippen LogP contribution >= 0.6 is 0 Å². The van der Waals surface area contributed by atoms with Gasteiger partial charge in [0, 0.05) is 11.8 Å². The number of allylic oxidation sites excluding steroid dienone is 4. The predicted octanol–water partition coefficient (Wildman–Crippen LogP) is -0.222. The zero-order valence-electron chi connectivity index (χ0n) is 20.3. The molecule has 0 radical (unpaired) electrons. The Labute approximate surface area is 233 Å². The third-order valence-corrected chi connectivity index (χ3v) is 9.54. The Kier molecular flexibility index (Phi) is 6.63. The summed E-state index contributed by atoms with van der Waals surface area (Å²) in [5.41, 5.74) is -2.67. The maximum Gasteiger partial charge on any atom is 1.00 e. The van der Waals surface area contributed by atoms with E-state index >= 15 is 0 Å². The number of ketones is 2. The minimum atomic E-state index is -1.70. The summed E-state index contributed by atoms with van der Waals surface area (Å²) < 4.78 is 5.68. The second-order valence-electron chi connectivity index (χ2n) is 10.6. The molecular formula is C25H33KO6. The number of cyclic esters (lactones) is 1. The van der Waals surface area contributed by atoms with Crippen LogP contribution in [0.15, 0.2) is 23.8 Å². The quantitative estimate of drug-likeness (QED) is 0.429. The van der Waals surface area contributed by atoms with Gasteiger partial charge in [-0.25, -0.2) is 0 Å². The van der Waals surface area contributed by atoms with E-state index < -0.39 is 34.5 Å². The number of hydrogen-bond donors (Lipinski definition) is 2. The van der Waals surface area contributed by atoms with Gasteiger partial charge in [0.2, 0.25) is 11.4 Å². The van der Waals surface area contributed by atoms with Gasteiger partial charge in [-0.3, -0.25) is 14.4 Å². The van der Waals surface area contributed by atoms with Gasteiger partial charge in [0.05, 0.1) is 6.42 Å². The molecule has 170 valence electrons. The third-order valence-electron chi connectivity index (χ3n) is 9.54. The van der Waals surface area contributed by atoms with Gasteiger partial charge in [-0.15, -0.1) is 0 Å². The molecule has 1 saturated heterocycles. The van der Waals surface area contributed by atoms with E-state index in [1.165, 1.54) is 0 Å². The Balaban J connectivity index is 0.00000153. The molecule has 5 rings (SSSR count). The van der Waals surface area contributed by atoms with Gasteiger partial charge < -0.3 is 16.4 Å². The molecule has 5 aliphatic rings. The van der Waals surface area contributed by atoms with Crippen molar-refractivity contribution in [3.63, 3.8) is 0 Å². The second-order valence-corrected chi connectivity index (χ2v) is 10.6. The van der Waals surface area contributed by atoms with E-state index in [-0.39, 0.29) is 83.3 Å². The summed E-state index contributed by atoms with van der Waals surface area (Å²) in [6.45, 7) is 3.80. The number of carbonyl (C=O) groups excluding carboxylic acids is 3. The van der Waals surface area contributed by atoms with Gasteiger partial charge in [0.15, 0.2) is 5.78 Å². The minimum Gasteiger partial charge on any atom is -1.00 e. The summed E-state index contributed by atoms with van der Waals surface area (Å²) in [5, 5.41) is 22.5. The molecule has 0 amide bonds. The zero-order chi connectivity index (χ0) is 22.2. The van der Waals surface area contributed by atoms with Gasteiger partial charge in [-0.05, 0) is 73.8 Å². The van der Waals surface area contributed by atoms with E-state index in [2.05, 4.69) is 12.2 Å². The van der Waals surface area contributed by atoms with Crippen molar-refractivity contribution < 1.29 is 82.1 Å². The molecule has 0 aromatic rings. The van der Waals surface area contributed by atoms with E-state index in [1.807, 2.05) is 6.92 Å². The van der Waals surface area contributed by atoms with E-state index in [4.69, 9.17) is 4.74 Å². The molecule has 2 saturated carbocycles. The fourth-order valence-corrected chi connectivity index (χ4v) is 7.97. The summed E-state index contributed by atoms with van der Waals surface area (Å²) in [6, 6.07) is 0. The monoisotopic (exact) mass is 468 g/mol. The molecule has 1 heterocycles. The first-order valence-electron chi connectivity index (χ1n) is 11.8. The van der Waals surface area contributed by atoms with Crippen molar-refractivity contribution in [1.29, 1.82) is 0 Å². The van der Waals surface area contributed by atoms with Crippen molar-refractivity contribution >= 4 is 17.5 Å². The van der Waals surface area contributed by atoms with E-state index in [9.17, 15) is 24.6 Å². The first-order valence-corrected chi connectivity index (χ1v) is 11.8. The van der Waals surface area contributed by atoms with Crippen LogP contribution < -0.4 is 51.4 Å². The van der Waals surface area contributed by atoms with Crippen LogP contribution in [0.4, 0.5) is 0 Å².